The largest absolute Gasteiger partial charge is 0.462 e. The third kappa shape index (κ3) is 8.77. The van der Waals surface area contributed by atoms with Crippen molar-refractivity contribution in [3.63, 3.8) is 0 Å². The van der Waals surface area contributed by atoms with Gasteiger partial charge in [-0.15, -0.1) is 24.0 Å². The Hall–Kier alpha value is -1.39. The van der Waals surface area contributed by atoms with Gasteiger partial charge in [-0.2, -0.15) is 0 Å². The number of carbonyl (C=O) groups excluding carboxylic acids is 1. The average Bonchev–Trinajstić information content (AvgIpc) is 2.73. The zero-order valence-corrected chi connectivity index (χ0v) is 21.0. The van der Waals surface area contributed by atoms with E-state index in [0.717, 1.165) is 50.9 Å². The van der Waals surface area contributed by atoms with Crippen LogP contribution >= 0.6 is 24.0 Å². The highest BCUT2D eigenvalue weighted by molar-refractivity contribution is 14.0. The van der Waals surface area contributed by atoms with E-state index < -0.39 is 0 Å². The van der Waals surface area contributed by atoms with Gasteiger partial charge in [0.2, 0.25) is 0 Å². The zero-order valence-electron chi connectivity index (χ0n) is 18.6. The van der Waals surface area contributed by atoms with E-state index in [1.54, 1.807) is 19.1 Å². The molecule has 1 saturated heterocycles. The predicted molar refractivity (Wildman–Crippen MR) is 132 cm³/mol. The van der Waals surface area contributed by atoms with Gasteiger partial charge in [-0.25, -0.2) is 9.79 Å². The normalized spacial score (nSPS) is 16.0. The second-order valence-corrected chi connectivity index (χ2v) is 7.45. The lowest BCUT2D eigenvalue weighted by Gasteiger charge is -2.37. The van der Waals surface area contributed by atoms with E-state index in [4.69, 9.17) is 14.5 Å². The topological polar surface area (TPSA) is 75.2 Å². The molecule has 0 bridgehead atoms. The van der Waals surface area contributed by atoms with Crippen LogP contribution in [-0.4, -0.2) is 68.9 Å². The van der Waals surface area contributed by atoms with Crippen molar-refractivity contribution in [2.45, 2.75) is 40.3 Å². The third-order valence-electron chi connectivity index (χ3n) is 4.99. The number of guanidine groups is 1. The van der Waals surface area contributed by atoms with Crippen LogP contribution in [0.5, 0.6) is 0 Å². The van der Waals surface area contributed by atoms with E-state index in [2.05, 4.69) is 36.3 Å². The monoisotopic (exact) mass is 532 g/mol. The van der Waals surface area contributed by atoms with Crippen LogP contribution in [-0.2, 0) is 16.0 Å². The van der Waals surface area contributed by atoms with Crippen LogP contribution < -0.4 is 10.6 Å². The molecule has 1 atom stereocenters. The summed E-state index contributed by atoms with van der Waals surface area (Å²) < 4.78 is 10.5. The highest BCUT2D eigenvalue weighted by Crippen LogP contribution is 2.12. The number of esters is 1. The summed E-state index contributed by atoms with van der Waals surface area (Å²) in [6.07, 6.45) is 0. The van der Waals surface area contributed by atoms with E-state index in [-0.39, 0.29) is 29.9 Å². The molecule has 0 aliphatic carbocycles. The number of hydrogen-bond donors (Lipinski definition) is 2. The summed E-state index contributed by atoms with van der Waals surface area (Å²) in [5, 5.41) is 6.82. The first kappa shape index (κ1) is 26.6. The van der Waals surface area contributed by atoms with Gasteiger partial charge in [0.15, 0.2) is 5.96 Å². The SMILES string of the molecule is CCNC(=NCc1ccc(C(=O)OCC)cc1)NCC(C(C)C)N1CCOCC1.I. The summed E-state index contributed by atoms with van der Waals surface area (Å²) in [6, 6.07) is 7.85. The Bertz CT molecular complexity index is 646. The number of halogens is 1. The lowest BCUT2D eigenvalue weighted by Crippen LogP contribution is -2.52. The van der Waals surface area contributed by atoms with Crippen molar-refractivity contribution >= 4 is 35.9 Å². The van der Waals surface area contributed by atoms with Gasteiger partial charge >= 0.3 is 5.97 Å². The van der Waals surface area contributed by atoms with E-state index in [9.17, 15) is 4.79 Å². The number of benzene rings is 1. The summed E-state index contributed by atoms with van der Waals surface area (Å²) in [4.78, 5) is 19.0. The summed E-state index contributed by atoms with van der Waals surface area (Å²) in [6.45, 7) is 14.5. The van der Waals surface area contributed by atoms with Crippen molar-refractivity contribution < 1.29 is 14.3 Å². The number of hydrogen-bond acceptors (Lipinski definition) is 5. The van der Waals surface area contributed by atoms with E-state index in [1.165, 1.54) is 0 Å². The Morgan fingerprint density at radius 1 is 1.17 bits per heavy atom. The third-order valence-corrected chi connectivity index (χ3v) is 4.99. The summed E-state index contributed by atoms with van der Waals surface area (Å²) in [5.41, 5.74) is 1.61. The van der Waals surface area contributed by atoms with Crippen LogP contribution in [0.3, 0.4) is 0 Å². The van der Waals surface area contributed by atoms with E-state index >= 15 is 0 Å². The van der Waals surface area contributed by atoms with Gasteiger partial charge in [0.05, 0.1) is 31.9 Å². The lowest BCUT2D eigenvalue weighted by atomic mass is 10.0. The van der Waals surface area contributed by atoms with Crippen LogP contribution in [0.4, 0.5) is 0 Å². The zero-order chi connectivity index (χ0) is 21.1. The van der Waals surface area contributed by atoms with Crippen molar-refractivity contribution in [2.75, 3.05) is 46.0 Å². The molecular formula is C22H37IN4O3. The summed E-state index contributed by atoms with van der Waals surface area (Å²) in [7, 11) is 0. The van der Waals surface area contributed by atoms with Gasteiger partial charge in [-0.3, -0.25) is 4.90 Å². The molecule has 0 radical (unpaired) electrons. The molecule has 2 N–H and O–H groups in total. The standard InChI is InChI=1S/C22H36N4O3.HI/c1-5-23-22(25-16-20(17(3)4)26-11-13-28-14-12-26)24-15-18-7-9-19(10-8-18)21(27)29-6-2;/h7-10,17,20H,5-6,11-16H2,1-4H3,(H2,23,24,25);1H. The lowest BCUT2D eigenvalue weighted by molar-refractivity contribution is 0.00752. The molecule has 0 spiro atoms. The Labute approximate surface area is 198 Å². The molecule has 0 saturated carbocycles. The molecule has 0 amide bonds. The molecular weight excluding hydrogens is 495 g/mol. The number of ether oxygens (including phenoxy) is 2. The molecule has 1 aromatic carbocycles. The van der Waals surface area contributed by atoms with E-state index in [0.29, 0.717) is 30.7 Å². The smallest absolute Gasteiger partial charge is 0.338 e. The van der Waals surface area contributed by atoms with Gasteiger partial charge in [0.1, 0.15) is 0 Å². The summed E-state index contributed by atoms with van der Waals surface area (Å²) >= 11 is 0. The maximum atomic E-state index is 11.8. The second kappa shape index (κ2) is 14.6. The molecule has 1 heterocycles. The molecule has 2 rings (SSSR count). The number of nitrogens with one attached hydrogen (secondary N) is 2. The number of aliphatic imine (C=N–C) groups is 1. The van der Waals surface area contributed by atoms with Crippen molar-refractivity contribution in [3.05, 3.63) is 35.4 Å². The summed E-state index contributed by atoms with van der Waals surface area (Å²) in [5.74, 6) is 1.06. The first-order chi connectivity index (χ1) is 14.0. The van der Waals surface area contributed by atoms with Crippen molar-refractivity contribution in [1.82, 2.24) is 15.5 Å². The van der Waals surface area contributed by atoms with E-state index in [1.807, 2.05) is 12.1 Å². The molecule has 7 nitrogen and oxygen atoms in total. The molecule has 170 valence electrons. The van der Waals surface area contributed by atoms with Crippen LogP contribution in [0.25, 0.3) is 0 Å². The van der Waals surface area contributed by atoms with Crippen molar-refractivity contribution in [2.24, 2.45) is 10.9 Å². The second-order valence-electron chi connectivity index (χ2n) is 7.45. The average molecular weight is 532 g/mol. The fourth-order valence-electron chi connectivity index (χ4n) is 3.37. The number of carbonyl (C=O) groups is 1. The molecule has 1 aliphatic heterocycles. The van der Waals surface area contributed by atoms with Crippen molar-refractivity contribution in [1.29, 1.82) is 0 Å². The van der Waals surface area contributed by atoms with Crippen LogP contribution in [0, 0.1) is 5.92 Å². The Balaban J connectivity index is 0.00000450. The van der Waals surface area contributed by atoms with Crippen LogP contribution in [0.2, 0.25) is 0 Å². The van der Waals surface area contributed by atoms with Gasteiger partial charge in [-0.05, 0) is 37.5 Å². The molecule has 1 aliphatic rings. The Morgan fingerprint density at radius 3 is 2.40 bits per heavy atom. The molecule has 1 fully saturated rings. The molecule has 1 unspecified atom stereocenters. The number of rotatable bonds is 9. The van der Waals surface area contributed by atoms with Gasteiger partial charge in [0, 0.05) is 32.2 Å². The predicted octanol–water partition coefficient (Wildman–Crippen LogP) is 2.89. The minimum absolute atomic E-state index is 0. The fraction of sp³-hybridized carbons (Fsp3) is 0.636. The van der Waals surface area contributed by atoms with Gasteiger partial charge in [0.25, 0.3) is 0 Å². The molecule has 1 aromatic rings. The first-order valence-electron chi connectivity index (χ1n) is 10.6. The number of morpholine rings is 1. The minimum atomic E-state index is -0.291. The molecule has 0 aromatic heterocycles. The molecule has 30 heavy (non-hydrogen) atoms. The first-order valence-corrected chi connectivity index (χ1v) is 10.6. The number of nitrogens with zero attached hydrogens (tertiary/aromatic N) is 2. The Kier molecular flexibility index (Phi) is 13.0. The molecule has 8 heteroatoms. The Morgan fingerprint density at radius 2 is 1.83 bits per heavy atom. The van der Waals surface area contributed by atoms with Crippen molar-refractivity contribution in [3.8, 4) is 0 Å². The maximum absolute atomic E-state index is 11.8. The van der Waals surface area contributed by atoms with Gasteiger partial charge < -0.3 is 20.1 Å². The maximum Gasteiger partial charge on any atom is 0.338 e. The highest BCUT2D eigenvalue weighted by atomic mass is 127. The fourth-order valence-corrected chi connectivity index (χ4v) is 3.37. The van der Waals surface area contributed by atoms with Crippen LogP contribution in [0.15, 0.2) is 29.3 Å². The quantitative estimate of drug-likeness (QED) is 0.221. The van der Waals surface area contributed by atoms with Crippen LogP contribution in [0.1, 0.15) is 43.6 Å². The highest BCUT2D eigenvalue weighted by Gasteiger charge is 2.23. The minimum Gasteiger partial charge on any atom is -0.462 e. The van der Waals surface area contributed by atoms with Gasteiger partial charge in [-0.1, -0.05) is 26.0 Å².